The maximum Gasteiger partial charge on any atom is 0.163 e. The molecule has 1 nitrogen and oxygen atoms in total. The summed E-state index contributed by atoms with van der Waals surface area (Å²) in [6.45, 7) is 8.30. The summed E-state index contributed by atoms with van der Waals surface area (Å²) >= 11 is 3.42. The van der Waals surface area contributed by atoms with Crippen molar-refractivity contribution in [3.63, 3.8) is 0 Å². The molecule has 1 rings (SSSR count). The fourth-order valence-electron chi connectivity index (χ4n) is 2.32. The van der Waals surface area contributed by atoms with Crippen LogP contribution in [0.1, 0.15) is 58.3 Å². The number of Topliss-reactive ketones (excluding diaryl/α,β-unsaturated/α-hetero) is 1. The van der Waals surface area contributed by atoms with Crippen molar-refractivity contribution in [1.29, 1.82) is 0 Å². The average molecular weight is 311 g/mol. The minimum atomic E-state index is 0.311. The third-order valence-electron chi connectivity index (χ3n) is 3.68. The van der Waals surface area contributed by atoms with Crippen LogP contribution >= 0.6 is 15.9 Å². The lowest BCUT2D eigenvalue weighted by Gasteiger charge is -2.14. The van der Waals surface area contributed by atoms with Crippen molar-refractivity contribution in [2.24, 2.45) is 0 Å². The molecular formula is C16H23BrO. The minimum Gasteiger partial charge on any atom is -0.294 e. The molecule has 0 aliphatic rings. The maximum atomic E-state index is 12.3. The smallest absolute Gasteiger partial charge is 0.163 e. The van der Waals surface area contributed by atoms with Crippen LogP contribution in [0.2, 0.25) is 0 Å². The first-order valence-corrected chi connectivity index (χ1v) is 7.77. The Morgan fingerprint density at radius 2 is 1.56 bits per heavy atom. The molecule has 0 radical (unpaired) electrons. The van der Waals surface area contributed by atoms with Crippen LogP contribution in [0, 0.1) is 27.7 Å². The van der Waals surface area contributed by atoms with E-state index < -0.39 is 0 Å². The van der Waals surface area contributed by atoms with E-state index in [1.165, 1.54) is 11.1 Å². The summed E-state index contributed by atoms with van der Waals surface area (Å²) in [5.74, 6) is 0.311. The summed E-state index contributed by atoms with van der Waals surface area (Å²) in [5, 5.41) is 1.03. The van der Waals surface area contributed by atoms with Gasteiger partial charge in [0.05, 0.1) is 0 Å². The summed E-state index contributed by atoms with van der Waals surface area (Å²) in [7, 11) is 0. The molecule has 0 saturated heterocycles. The lowest BCUT2D eigenvalue weighted by molar-refractivity contribution is 0.0978. The lowest BCUT2D eigenvalue weighted by Crippen LogP contribution is -2.07. The molecule has 0 N–H and O–H groups in total. The molecule has 0 unspecified atom stereocenters. The number of benzene rings is 1. The van der Waals surface area contributed by atoms with Crippen LogP contribution in [-0.4, -0.2) is 11.1 Å². The molecule has 2 heteroatoms. The molecule has 0 aliphatic carbocycles. The number of unbranched alkanes of at least 4 members (excludes halogenated alkanes) is 2. The highest BCUT2D eigenvalue weighted by Gasteiger charge is 2.15. The number of rotatable bonds is 6. The van der Waals surface area contributed by atoms with Gasteiger partial charge >= 0.3 is 0 Å². The van der Waals surface area contributed by atoms with Crippen molar-refractivity contribution in [3.8, 4) is 0 Å². The summed E-state index contributed by atoms with van der Waals surface area (Å²) in [4.78, 5) is 12.3. The van der Waals surface area contributed by atoms with Crippen molar-refractivity contribution in [2.75, 3.05) is 5.33 Å². The van der Waals surface area contributed by atoms with Crippen LogP contribution in [0.15, 0.2) is 6.07 Å². The Morgan fingerprint density at radius 1 is 1.00 bits per heavy atom. The Bertz CT molecular complexity index is 409. The summed E-state index contributed by atoms with van der Waals surface area (Å²) in [6.07, 6.45) is 3.95. The van der Waals surface area contributed by atoms with Crippen molar-refractivity contribution in [1.82, 2.24) is 0 Å². The van der Waals surface area contributed by atoms with Crippen molar-refractivity contribution in [3.05, 3.63) is 33.9 Å². The number of aryl methyl sites for hydroxylation is 2. The standard InChI is InChI=1S/C16H23BrO/c1-11-10-12(2)14(4)16(13(11)3)15(18)8-6-5-7-9-17/h10H,5-9H2,1-4H3. The SMILES string of the molecule is Cc1cc(C)c(C)c(C(=O)CCCCCBr)c1C. The largest absolute Gasteiger partial charge is 0.294 e. The molecule has 0 bridgehead atoms. The molecule has 0 aliphatic heterocycles. The predicted molar refractivity (Wildman–Crippen MR) is 82.0 cm³/mol. The van der Waals surface area contributed by atoms with Gasteiger partial charge in [0.1, 0.15) is 0 Å². The number of carbonyl (C=O) groups is 1. The zero-order valence-corrected chi connectivity index (χ0v) is 13.5. The van der Waals surface area contributed by atoms with Gasteiger partial charge in [0, 0.05) is 17.3 Å². The maximum absolute atomic E-state index is 12.3. The summed E-state index contributed by atoms with van der Waals surface area (Å²) < 4.78 is 0. The van der Waals surface area contributed by atoms with Gasteiger partial charge in [0.15, 0.2) is 5.78 Å². The van der Waals surface area contributed by atoms with Gasteiger partial charge in [-0.2, -0.15) is 0 Å². The predicted octanol–water partition coefficient (Wildman–Crippen LogP) is 5.06. The highest BCUT2D eigenvalue weighted by Crippen LogP contribution is 2.23. The summed E-state index contributed by atoms with van der Waals surface area (Å²) in [6, 6.07) is 2.17. The van der Waals surface area contributed by atoms with Crippen molar-refractivity contribution in [2.45, 2.75) is 53.4 Å². The minimum absolute atomic E-state index is 0.311. The fraction of sp³-hybridized carbons (Fsp3) is 0.562. The van der Waals surface area contributed by atoms with E-state index >= 15 is 0 Å². The molecule has 100 valence electrons. The Kier molecular flexibility index (Phi) is 6.07. The molecular weight excluding hydrogens is 288 g/mol. The van der Waals surface area contributed by atoms with Gasteiger partial charge in [-0.1, -0.05) is 28.4 Å². The molecule has 0 fully saturated rings. The number of ketones is 1. The number of hydrogen-bond donors (Lipinski definition) is 0. The Morgan fingerprint density at radius 3 is 2.06 bits per heavy atom. The second-order valence-electron chi connectivity index (χ2n) is 5.06. The van der Waals surface area contributed by atoms with Crippen LogP contribution in [0.25, 0.3) is 0 Å². The zero-order valence-electron chi connectivity index (χ0n) is 11.9. The van der Waals surface area contributed by atoms with E-state index in [4.69, 9.17) is 0 Å². The van der Waals surface area contributed by atoms with Gasteiger partial charge in [-0.15, -0.1) is 0 Å². The molecule has 0 saturated carbocycles. The fourth-order valence-corrected chi connectivity index (χ4v) is 2.71. The third-order valence-corrected chi connectivity index (χ3v) is 4.24. The van der Waals surface area contributed by atoms with Gasteiger partial charge in [0.2, 0.25) is 0 Å². The number of halogens is 1. The van der Waals surface area contributed by atoms with E-state index in [1.807, 2.05) is 0 Å². The first kappa shape index (κ1) is 15.4. The van der Waals surface area contributed by atoms with Crippen LogP contribution in [-0.2, 0) is 0 Å². The van der Waals surface area contributed by atoms with E-state index in [0.29, 0.717) is 12.2 Å². The molecule has 0 atom stereocenters. The molecule has 1 aromatic rings. The molecule has 1 aromatic carbocycles. The number of alkyl halides is 1. The first-order chi connectivity index (χ1) is 8.49. The Hall–Kier alpha value is -0.630. The highest BCUT2D eigenvalue weighted by molar-refractivity contribution is 9.09. The Labute approximate surface area is 119 Å². The van der Waals surface area contributed by atoms with E-state index in [1.54, 1.807) is 0 Å². The normalized spacial score (nSPS) is 10.7. The third kappa shape index (κ3) is 3.68. The number of hydrogen-bond acceptors (Lipinski definition) is 1. The van der Waals surface area contributed by atoms with Crippen LogP contribution in [0.4, 0.5) is 0 Å². The first-order valence-electron chi connectivity index (χ1n) is 6.65. The van der Waals surface area contributed by atoms with Gasteiger partial charge in [-0.3, -0.25) is 4.79 Å². The van der Waals surface area contributed by atoms with Crippen molar-refractivity contribution >= 4 is 21.7 Å². The Balaban J connectivity index is 2.85. The van der Waals surface area contributed by atoms with Gasteiger partial charge in [-0.25, -0.2) is 0 Å². The van der Waals surface area contributed by atoms with E-state index in [2.05, 4.69) is 49.7 Å². The van der Waals surface area contributed by atoms with Crippen LogP contribution < -0.4 is 0 Å². The topological polar surface area (TPSA) is 17.1 Å². The molecule has 0 spiro atoms. The molecule has 0 aromatic heterocycles. The molecule has 0 amide bonds. The van der Waals surface area contributed by atoms with E-state index in [-0.39, 0.29) is 0 Å². The zero-order chi connectivity index (χ0) is 13.7. The van der Waals surface area contributed by atoms with Gasteiger partial charge in [0.25, 0.3) is 0 Å². The molecule has 18 heavy (non-hydrogen) atoms. The van der Waals surface area contributed by atoms with E-state index in [9.17, 15) is 4.79 Å². The second kappa shape index (κ2) is 7.08. The monoisotopic (exact) mass is 310 g/mol. The highest BCUT2D eigenvalue weighted by atomic mass is 79.9. The van der Waals surface area contributed by atoms with Gasteiger partial charge in [-0.05, 0) is 62.8 Å². The van der Waals surface area contributed by atoms with Crippen molar-refractivity contribution < 1.29 is 4.79 Å². The summed E-state index contributed by atoms with van der Waals surface area (Å²) in [5.41, 5.74) is 5.72. The quantitative estimate of drug-likeness (QED) is 0.408. The average Bonchev–Trinajstić information content (AvgIpc) is 2.32. The number of carbonyl (C=O) groups excluding carboxylic acids is 1. The lowest BCUT2D eigenvalue weighted by atomic mass is 9.90. The van der Waals surface area contributed by atoms with Gasteiger partial charge < -0.3 is 0 Å². The van der Waals surface area contributed by atoms with E-state index in [0.717, 1.165) is 41.3 Å². The molecule has 0 heterocycles. The second-order valence-corrected chi connectivity index (χ2v) is 5.85. The van der Waals surface area contributed by atoms with Crippen LogP contribution in [0.5, 0.6) is 0 Å². The van der Waals surface area contributed by atoms with Crippen LogP contribution in [0.3, 0.4) is 0 Å².